The van der Waals surface area contributed by atoms with Crippen LogP contribution in [0.2, 0.25) is 0 Å². The summed E-state index contributed by atoms with van der Waals surface area (Å²) >= 11 is 0.240. The van der Waals surface area contributed by atoms with Crippen LogP contribution < -0.4 is 0 Å². The van der Waals surface area contributed by atoms with Gasteiger partial charge in [-0.15, -0.1) is 0 Å². The van der Waals surface area contributed by atoms with E-state index in [9.17, 15) is 0 Å². The summed E-state index contributed by atoms with van der Waals surface area (Å²) in [6, 6.07) is 78.2. The van der Waals surface area contributed by atoms with Crippen molar-refractivity contribution in [3.63, 3.8) is 0 Å². The molecule has 0 amide bonds. The number of hydrogen-bond acceptors (Lipinski definition) is 0. The molecule has 0 unspecified atom stereocenters. The van der Waals surface area contributed by atoms with Gasteiger partial charge < -0.3 is 0 Å². The average Bonchev–Trinajstić information content (AvgIpc) is 3.83. The van der Waals surface area contributed by atoms with Crippen molar-refractivity contribution in [3.8, 4) is 61.3 Å². The van der Waals surface area contributed by atoms with E-state index in [4.69, 9.17) is 0 Å². The molecular weight excluding hydrogens is 742 g/mol. The zero-order valence-electron chi connectivity index (χ0n) is 30.6. The molecule has 56 heavy (non-hydrogen) atoms. The normalized spacial score (nSPS) is 11.6. The second-order valence-corrected chi connectivity index (χ2v) is 16.7. The molecule has 0 N–H and O–H groups in total. The Balaban J connectivity index is 1.12. The van der Waals surface area contributed by atoms with Crippen molar-refractivity contribution in [2.45, 2.75) is 0 Å². The average molecular weight is 777 g/mol. The molecule has 0 aliphatic carbocycles. The number of aromatic nitrogens is 1. The van der Waals surface area contributed by atoms with Crippen molar-refractivity contribution in [2.75, 3.05) is 0 Å². The van der Waals surface area contributed by atoms with Gasteiger partial charge in [0, 0.05) is 0 Å². The molecule has 0 atom stereocenters. The molecule has 0 aliphatic heterocycles. The van der Waals surface area contributed by atoms with E-state index in [2.05, 4.69) is 217 Å². The van der Waals surface area contributed by atoms with Crippen LogP contribution in [0.15, 0.2) is 212 Å². The molecule has 0 bridgehead atoms. The van der Waals surface area contributed by atoms with Crippen molar-refractivity contribution in [1.82, 2.24) is 4.57 Å². The summed E-state index contributed by atoms with van der Waals surface area (Å²) in [6.45, 7) is 0. The first-order valence-corrected chi connectivity index (χ1v) is 20.9. The minimum atomic E-state index is 0.240. The summed E-state index contributed by atoms with van der Waals surface area (Å²) in [5, 5.41) is 5.27. The molecule has 2 heteroatoms. The summed E-state index contributed by atoms with van der Waals surface area (Å²) in [7, 11) is 0. The summed E-state index contributed by atoms with van der Waals surface area (Å²) in [5.74, 6) is 0. The molecule has 11 rings (SSSR count). The molecule has 0 saturated heterocycles. The van der Waals surface area contributed by atoms with E-state index >= 15 is 0 Å². The van der Waals surface area contributed by atoms with E-state index in [1.54, 1.807) is 0 Å². The first kappa shape index (κ1) is 32.7. The zero-order valence-corrected chi connectivity index (χ0v) is 32.3. The molecule has 9 aromatic carbocycles. The third-order valence-corrected chi connectivity index (χ3v) is 13.8. The molecule has 11 aromatic rings. The van der Waals surface area contributed by atoms with Crippen molar-refractivity contribution in [2.24, 2.45) is 0 Å². The van der Waals surface area contributed by atoms with E-state index in [1.807, 2.05) is 0 Å². The number of para-hydroxylation sites is 1. The Kier molecular flexibility index (Phi) is 7.91. The van der Waals surface area contributed by atoms with Gasteiger partial charge in [0.15, 0.2) is 0 Å². The first-order chi connectivity index (χ1) is 27.7. The second kappa shape index (κ2) is 13.6. The summed E-state index contributed by atoms with van der Waals surface area (Å²) < 4.78 is 5.37. The summed E-state index contributed by atoms with van der Waals surface area (Å²) in [6.07, 6.45) is 0. The number of nitrogens with zero attached hydrogens (tertiary/aromatic N) is 1. The van der Waals surface area contributed by atoms with Crippen LogP contribution in [0.1, 0.15) is 0 Å². The van der Waals surface area contributed by atoms with Crippen LogP contribution >= 0.6 is 0 Å². The molecule has 0 radical (unpaired) electrons. The quantitative estimate of drug-likeness (QED) is 0.148. The number of benzene rings is 9. The van der Waals surface area contributed by atoms with Crippen molar-refractivity contribution < 1.29 is 0 Å². The molecular formula is C54H35NSe. The van der Waals surface area contributed by atoms with Gasteiger partial charge in [-0.05, 0) is 5.56 Å². The fraction of sp³-hybridized carbons (Fsp3) is 0. The molecule has 0 spiro atoms. The second-order valence-electron chi connectivity index (χ2n) is 14.5. The van der Waals surface area contributed by atoms with Gasteiger partial charge in [0.05, 0.1) is 0 Å². The van der Waals surface area contributed by atoms with E-state index in [-0.39, 0.29) is 14.5 Å². The van der Waals surface area contributed by atoms with Gasteiger partial charge in [-0.3, -0.25) is 0 Å². The third-order valence-electron chi connectivity index (χ3n) is 11.2. The number of hydrogen-bond donors (Lipinski definition) is 0. The Labute approximate surface area is 332 Å². The van der Waals surface area contributed by atoms with Crippen molar-refractivity contribution >= 4 is 55.6 Å². The van der Waals surface area contributed by atoms with Crippen LogP contribution in [0.3, 0.4) is 0 Å². The third kappa shape index (κ3) is 5.62. The minimum absolute atomic E-state index is 0.240. The Morgan fingerprint density at radius 2 is 0.804 bits per heavy atom. The van der Waals surface area contributed by atoms with Crippen molar-refractivity contribution in [3.05, 3.63) is 212 Å². The van der Waals surface area contributed by atoms with Gasteiger partial charge in [0.2, 0.25) is 0 Å². The molecule has 2 heterocycles. The summed E-state index contributed by atoms with van der Waals surface area (Å²) in [4.78, 5) is 0. The van der Waals surface area contributed by atoms with Crippen molar-refractivity contribution in [1.29, 1.82) is 0 Å². The van der Waals surface area contributed by atoms with Crippen LogP contribution in [0.25, 0.3) is 102 Å². The fourth-order valence-corrected chi connectivity index (χ4v) is 11.1. The van der Waals surface area contributed by atoms with E-state index in [1.165, 1.54) is 96.7 Å². The van der Waals surface area contributed by atoms with Gasteiger partial charge >= 0.3 is 286 Å². The van der Waals surface area contributed by atoms with Gasteiger partial charge in [-0.2, -0.15) is 0 Å². The maximum atomic E-state index is 2.44. The fourth-order valence-electron chi connectivity index (χ4n) is 8.46. The monoisotopic (exact) mass is 777 g/mol. The van der Waals surface area contributed by atoms with Crippen LogP contribution in [0.4, 0.5) is 0 Å². The van der Waals surface area contributed by atoms with Crippen LogP contribution in [0, 0.1) is 0 Å². The Morgan fingerprint density at radius 1 is 0.286 bits per heavy atom. The van der Waals surface area contributed by atoms with E-state index < -0.39 is 0 Å². The maximum absolute atomic E-state index is 2.44. The first-order valence-electron chi connectivity index (χ1n) is 19.2. The van der Waals surface area contributed by atoms with Gasteiger partial charge in [-0.25, -0.2) is 0 Å². The predicted octanol–water partition coefficient (Wildman–Crippen LogP) is 14.5. The molecule has 1 nitrogen and oxygen atoms in total. The van der Waals surface area contributed by atoms with Gasteiger partial charge in [0.25, 0.3) is 0 Å². The number of rotatable bonds is 6. The van der Waals surface area contributed by atoms with Crippen LogP contribution in [-0.4, -0.2) is 19.1 Å². The molecule has 262 valence electrons. The number of fused-ring (bicyclic) bond motifs is 6. The zero-order chi connectivity index (χ0) is 37.0. The van der Waals surface area contributed by atoms with Crippen LogP contribution in [0.5, 0.6) is 0 Å². The topological polar surface area (TPSA) is 4.93 Å². The molecule has 0 saturated carbocycles. The molecule has 2 aromatic heterocycles. The standard InChI is InChI=1S/C54H35NSe/c1-3-13-36(14-4-1)38-25-27-39(28-26-38)42-31-43(33-44(32-42)46-21-12-22-50-49-20-8-10-24-53(49)56-54(46)50)41-29-30-48-47-19-7-9-23-51(47)55(52(48)35-41)45-18-11-17-40(34-45)37-15-5-2-6-16-37/h1-35H. The van der Waals surface area contributed by atoms with E-state index in [0.29, 0.717) is 0 Å². The van der Waals surface area contributed by atoms with Gasteiger partial charge in [0.1, 0.15) is 0 Å². The summed E-state index contributed by atoms with van der Waals surface area (Å²) in [5.41, 5.74) is 15.9. The van der Waals surface area contributed by atoms with E-state index in [0.717, 1.165) is 5.69 Å². The Bertz CT molecular complexity index is 3220. The predicted molar refractivity (Wildman–Crippen MR) is 240 cm³/mol. The van der Waals surface area contributed by atoms with Crippen LogP contribution in [-0.2, 0) is 0 Å². The molecule has 0 aliphatic rings. The van der Waals surface area contributed by atoms with Gasteiger partial charge in [-0.1, -0.05) is 42.5 Å². The molecule has 0 fully saturated rings. The Morgan fingerprint density at radius 3 is 1.59 bits per heavy atom. The Hall–Kier alpha value is -6.70. The SMILES string of the molecule is c1ccc(-c2ccc(-c3cc(-c4ccc5c6ccccc6n(-c6cccc(-c7ccccc7)c6)c5c4)cc(-c4cccc5c4[se]c4ccccc45)c3)cc2)cc1.